The first-order valence-electron chi connectivity index (χ1n) is 26.3. The summed E-state index contributed by atoms with van der Waals surface area (Å²) in [4.78, 5) is 54.3. The van der Waals surface area contributed by atoms with Crippen molar-refractivity contribution in [3.05, 3.63) is 124 Å². The number of carbonyl (C=O) groups is 3. The molecule has 0 bridgehead atoms. The molecule has 2 saturated heterocycles. The van der Waals surface area contributed by atoms with Gasteiger partial charge in [0.15, 0.2) is 10.8 Å². The van der Waals surface area contributed by atoms with E-state index >= 15 is 0 Å². The summed E-state index contributed by atoms with van der Waals surface area (Å²) >= 11 is 1.66. The number of thiazole rings is 1. The Labute approximate surface area is 430 Å². The number of carboxylic acid groups (broad SMARTS) is 1. The molecule has 2 amide bonds. The quantitative estimate of drug-likeness (QED) is 0.0661. The van der Waals surface area contributed by atoms with E-state index in [-0.39, 0.29) is 23.6 Å². The first-order valence-corrected chi connectivity index (χ1v) is 27.1. The molecule has 1 aliphatic carbocycles. The van der Waals surface area contributed by atoms with Crippen molar-refractivity contribution in [3.8, 4) is 16.9 Å². The molecule has 73 heavy (non-hydrogen) atoms. The lowest BCUT2D eigenvalue weighted by Crippen LogP contribution is -2.46. The van der Waals surface area contributed by atoms with Crippen LogP contribution in [0.5, 0.6) is 5.75 Å². The number of aryl methyl sites for hydroxylation is 2. The highest BCUT2D eigenvalue weighted by molar-refractivity contribution is 7.22. The number of anilines is 3. The number of imide groups is 1. The van der Waals surface area contributed by atoms with Gasteiger partial charge < -0.3 is 25.0 Å². The van der Waals surface area contributed by atoms with Crippen molar-refractivity contribution in [2.75, 3.05) is 54.4 Å². The minimum absolute atomic E-state index is 0.0516. The van der Waals surface area contributed by atoms with Crippen LogP contribution in [0.15, 0.2) is 84.9 Å². The van der Waals surface area contributed by atoms with Crippen LogP contribution in [0, 0.1) is 19.8 Å². The summed E-state index contributed by atoms with van der Waals surface area (Å²) in [6.45, 7) is 11.4. The van der Waals surface area contributed by atoms with Crippen molar-refractivity contribution in [3.63, 3.8) is 0 Å². The van der Waals surface area contributed by atoms with Crippen molar-refractivity contribution < 1.29 is 24.2 Å². The number of carboxylic acids is 1. The number of nitrogens with zero attached hydrogens (tertiary/aromatic N) is 7. The van der Waals surface area contributed by atoms with Gasteiger partial charge >= 0.3 is 5.97 Å². The first-order chi connectivity index (χ1) is 35.5. The van der Waals surface area contributed by atoms with Gasteiger partial charge in [-0.15, -0.1) is 0 Å². The normalized spacial score (nSPS) is 19.6. The molecule has 1 atom stereocenters. The molecule has 1 unspecified atom stereocenters. The number of aromatic carboxylic acids is 1. The number of carbonyl (C=O) groups excluding carboxylic acids is 2. The van der Waals surface area contributed by atoms with Gasteiger partial charge in [-0.1, -0.05) is 66.6 Å². The van der Waals surface area contributed by atoms with Crippen LogP contribution in [0.4, 0.5) is 16.6 Å². The van der Waals surface area contributed by atoms with E-state index in [1.165, 1.54) is 47.2 Å². The second-order valence-corrected chi connectivity index (χ2v) is 21.6. The molecule has 15 heteroatoms. The Morgan fingerprint density at radius 1 is 0.822 bits per heavy atom. The molecule has 11 rings (SSSR count). The third-order valence-electron chi connectivity index (χ3n) is 16.0. The number of unbranched alkanes of at least 4 members (excludes halogenated alkanes) is 1. The Hall–Kier alpha value is -6.84. The van der Waals surface area contributed by atoms with Gasteiger partial charge in [-0.3, -0.25) is 24.5 Å². The summed E-state index contributed by atoms with van der Waals surface area (Å²) in [6, 6.07) is 28.8. The number of ether oxygens (including phenoxy) is 1. The summed E-state index contributed by atoms with van der Waals surface area (Å²) in [6.07, 6.45) is 9.88. The Morgan fingerprint density at radius 3 is 2.45 bits per heavy atom. The van der Waals surface area contributed by atoms with Gasteiger partial charge in [-0.25, -0.2) is 14.8 Å². The Kier molecular flexibility index (Phi) is 13.9. The lowest BCUT2D eigenvalue weighted by Gasteiger charge is -2.37. The van der Waals surface area contributed by atoms with Gasteiger partial charge in [-0.05, 0) is 147 Å². The van der Waals surface area contributed by atoms with Crippen LogP contribution < -0.4 is 25.2 Å². The summed E-state index contributed by atoms with van der Waals surface area (Å²) < 4.78 is 9.77. The first kappa shape index (κ1) is 48.4. The van der Waals surface area contributed by atoms with Crippen molar-refractivity contribution in [2.24, 2.45) is 13.0 Å². The van der Waals surface area contributed by atoms with E-state index < -0.39 is 11.9 Å². The summed E-state index contributed by atoms with van der Waals surface area (Å²) in [5.74, 6) is 0.285. The van der Waals surface area contributed by atoms with Crippen LogP contribution in [0.25, 0.3) is 32.2 Å². The Morgan fingerprint density at radius 2 is 1.64 bits per heavy atom. The molecule has 14 nitrogen and oxygen atoms in total. The lowest BCUT2D eigenvalue weighted by molar-refractivity contribution is -0.134. The number of pyridine rings is 1. The lowest BCUT2D eigenvalue weighted by atomic mass is 9.84. The average Bonchev–Trinajstić information content (AvgIpc) is 3.98. The minimum atomic E-state index is -1.04. The van der Waals surface area contributed by atoms with Crippen LogP contribution in [-0.4, -0.2) is 92.9 Å². The fourth-order valence-corrected chi connectivity index (χ4v) is 12.9. The molecule has 4 aliphatic rings. The maximum absolute atomic E-state index is 12.9. The molecule has 1 saturated carbocycles. The predicted octanol–water partition coefficient (Wildman–Crippen LogP) is 10.2. The molecule has 378 valence electrons. The van der Waals surface area contributed by atoms with Gasteiger partial charge in [0, 0.05) is 75.9 Å². The van der Waals surface area contributed by atoms with Gasteiger partial charge in [-0.2, -0.15) is 5.10 Å². The van der Waals surface area contributed by atoms with E-state index in [1.807, 2.05) is 67.2 Å². The molecule has 3 fully saturated rings. The number of amides is 2. The van der Waals surface area contributed by atoms with Gasteiger partial charge in [0.1, 0.15) is 11.6 Å². The Bertz CT molecular complexity index is 3170. The molecule has 0 radical (unpaired) electrons. The molecule has 0 spiro atoms. The van der Waals surface area contributed by atoms with Crippen LogP contribution in [-0.2, 0) is 36.1 Å². The second kappa shape index (κ2) is 20.9. The number of hydrogen-bond acceptors (Lipinski definition) is 12. The molecule has 3 aromatic heterocycles. The van der Waals surface area contributed by atoms with E-state index in [9.17, 15) is 19.5 Å². The number of piperazine rings is 1. The Balaban J connectivity index is 0.646. The topological polar surface area (TPSA) is 158 Å². The third-order valence-corrected chi connectivity index (χ3v) is 17.0. The molecule has 7 aromatic rings. The summed E-state index contributed by atoms with van der Waals surface area (Å²) in [5, 5.41) is 23.3. The van der Waals surface area contributed by atoms with E-state index in [4.69, 9.17) is 19.8 Å². The number of para-hydroxylation sites is 1. The number of hydrogen-bond donors (Lipinski definition) is 3. The number of rotatable bonds is 15. The van der Waals surface area contributed by atoms with Gasteiger partial charge in [0.05, 0.1) is 33.4 Å². The largest absolute Gasteiger partial charge is 0.490 e. The summed E-state index contributed by atoms with van der Waals surface area (Å²) in [5.41, 5.74) is 11.4. The van der Waals surface area contributed by atoms with E-state index in [0.717, 1.165) is 120 Å². The van der Waals surface area contributed by atoms with Crippen LogP contribution in [0.3, 0.4) is 0 Å². The van der Waals surface area contributed by atoms with Gasteiger partial charge in [0.2, 0.25) is 11.8 Å². The zero-order chi connectivity index (χ0) is 50.2. The third kappa shape index (κ3) is 10.1. The van der Waals surface area contributed by atoms with Gasteiger partial charge in [0.25, 0.3) is 0 Å². The second-order valence-electron chi connectivity index (χ2n) is 20.6. The highest BCUT2D eigenvalue weighted by atomic mass is 32.1. The zero-order valence-corrected chi connectivity index (χ0v) is 43.0. The van der Waals surface area contributed by atoms with Crippen molar-refractivity contribution >= 4 is 66.9 Å². The molecular weight excluding hydrogens is 935 g/mol. The number of fused-ring (bicyclic) bond motifs is 3. The SMILES string of the molecule is Cc1c(OC2CCC(CCCCN3CCN(c4ccc5c(C6CCC(=O)NC6=O)nn(C)c5c4C)CC3)CC2)cccc1-c1ccc(N2CCc3cccc(CNc4nc5ccccc5s4)c3C2)nc1C(=O)O. The highest BCUT2D eigenvalue weighted by Crippen LogP contribution is 2.39. The number of aromatic nitrogens is 4. The van der Waals surface area contributed by atoms with Crippen LogP contribution in [0.2, 0.25) is 0 Å². The zero-order valence-electron chi connectivity index (χ0n) is 42.2. The van der Waals surface area contributed by atoms with Crippen LogP contribution >= 0.6 is 11.3 Å². The smallest absolute Gasteiger partial charge is 0.355 e. The monoisotopic (exact) mass is 999 g/mol. The predicted molar refractivity (Wildman–Crippen MR) is 289 cm³/mol. The maximum atomic E-state index is 12.9. The number of benzene rings is 4. The van der Waals surface area contributed by atoms with Crippen molar-refractivity contribution in [1.29, 1.82) is 0 Å². The number of piperidine rings is 1. The van der Waals surface area contributed by atoms with Crippen molar-refractivity contribution in [2.45, 2.75) is 103 Å². The fraction of sp³-hybridized carbons (Fsp3) is 0.414. The van der Waals surface area contributed by atoms with Crippen molar-refractivity contribution in [1.82, 2.24) is 30.0 Å². The standard InChI is InChI=1S/C58H65N9O5S/c1-36-42(43-22-25-51(61-54(43)57(70)71)67-29-27-39-11-8-12-40(46(39)35-67)34-59-58-60-47-14-4-5-16-50(47)73-58)13-9-15-49(36)72-41-19-17-38(18-20-41)10-6-7-28-65-30-32-66(33-31-65)48-24-21-44-53(63-64(3)55(44)37(48)2)45-23-26-52(68)62-56(45)69/h4-5,8-9,11-16,21-22,24-25,38,41,45H,6-7,10,17-20,23,26-35H2,1-3H3,(H,59,60)(H,70,71)(H,62,68,69). The van der Waals surface area contributed by atoms with Crippen LogP contribution in [0.1, 0.15) is 108 Å². The fourth-order valence-electron chi connectivity index (χ4n) is 12.0. The molecule has 3 N–H and O–H groups in total. The maximum Gasteiger partial charge on any atom is 0.355 e. The van der Waals surface area contributed by atoms with E-state index in [2.05, 4.69) is 68.7 Å². The van der Waals surface area contributed by atoms with E-state index in [0.29, 0.717) is 43.2 Å². The highest BCUT2D eigenvalue weighted by Gasteiger charge is 2.33. The van der Waals surface area contributed by atoms with E-state index in [1.54, 1.807) is 11.3 Å². The molecule has 4 aromatic carbocycles. The number of nitrogens with one attached hydrogen (secondary N) is 2. The summed E-state index contributed by atoms with van der Waals surface area (Å²) in [7, 11) is 1.95. The average molecular weight is 1000 g/mol. The molecular formula is C58H65N9O5S. The minimum Gasteiger partial charge on any atom is -0.490 e. The molecule has 6 heterocycles. The molecule has 3 aliphatic heterocycles.